The number of carbonyl (C=O) groups is 3. The molecular formula is C12H18O8. The molecule has 1 aliphatic heterocycles. The summed E-state index contributed by atoms with van der Waals surface area (Å²) in [6.45, 7) is 5.01. The van der Waals surface area contributed by atoms with Crippen LogP contribution in [0.4, 0.5) is 0 Å². The number of hydrogen-bond acceptors (Lipinski definition) is 8. The zero-order chi connectivity index (χ0) is 15.4. The van der Waals surface area contributed by atoms with Crippen LogP contribution in [0.5, 0.6) is 0 Å². The van der Waals surface area contributed by atoms with Gasteiger partial charge < -0.3 is 24.1 Å². The molecular weight excluding hydrogens is 272 g/mol. The van der Waals surface area contributed by atoms with Crippen molar-refractivity contribution in [1.82, 2.24) is 0 Å². The Morgan fingerprint density at radius 3 is 1.70 bits per heavy atom. The average molecular weight is 290 g/mol. The fourth-order valence-electron chi connectivity index (χ4n) is 1.99. The Bertz CT molecular complexity index is 365. The van der Waals surface area contributed by atoms with E-state index in [4.69, 9.17) is 18.9 Å². The molecule has 0 aromatic rings. The van der Waals surface area contributed by atoms with Crippen LogP contribution in [0.25, 0.3) is 0 Å². The average Bonchev–Trinajstić information content (AvgIpc) is 2.27. The van der Waals surface area contributed by atoms with Gasteiger partial charge in [0, 0.05) is 20.8 Å². The molecule has 0 radical (unpaired) electrons. The van der Waals surface area contributed by atoms with Gasteiger partial charge in [0.2, 0.25) is 0 Å². The maximum Gasteiger partial charge on any atom is 0.303 e. The molecule has 5 atom stereocenters. The van der Waals surface area contributed by atoms with E-state index in [0.717, 1.165) is 13.8 Å². The third-order valence-corrected chi connectivity index (χ3v) is 2.65. The molecule has 1 fully saturated rings. The van der Waals surface area contributed by atoms with Gasteiger partial charge in [0.15, 0.2) is 24.6 Å². The molecule has 1 saturated heterocycles. The lowest BCUT2D eigenvalue weighted by Crippen LogP contribution is -2.60. The minimum atomic E-state index is -1.48. The van der Waals surface area contributed by atoms with Gasteiger partial charge in [-0.05, 0) is 6.92 Å². The topological polar surface area (TPSA) is 108 Å². The second-order valence-electron chi connectivity index (χ2n) is 4.45. The number of aliphatic hydroxyl groups is 1. The van der Waals surface area contributed by atoms with Crippen LogP contribution in [0.2, 0.25) is 0 Å². The smallest absolute Gasteiger partial charge is 0.303 e. The normalized spacial score (nSPS) is 33.1. The van der Waals surface area contributed by atoms with E-state index in [1.54, 1.807) is 0 Å². The van der Waals surface area contributed by atoms with Gasteiger partial charge in [-0.3, -0.25) is 14.4 Å². The molecule has 1 rings (SSSR count). The molecule has 0 spiro atoms. The number of aliphatic hydroxyl groups excluding tert-OH is 1. The number of rotatable bonds is 3. The highest BCUT2D eigenvalue weighted by Gasteiger charge is 2.49. The van der Waals surface area contributed by atoms with Gasteiger partial charge in [0.05, 0.1) is 6.10 Å². The SMILES string of the molecule is CC(=O)O[C@@H]1[C@H](OC(C)=O)[C@H](O)O[C@H](C)[C@H]1OC(C)=O. The lowest BCUT2D eigenvalue weighted by Gasteiger charge is -2.41. The molecule has 20 heavy (non-hydrogen) atoms. The maximum atomic E-state index is 11.2. The Morgan fingerprint density at radius 2 is 1.25 bits per heavy atom. The van der Waals surface area contributed by atoms with Crippen molar-refractivity contribution in [2.45, 2.75) is 58.4 Å². The molecule has 0 saturated carbocycles. The Kier molecular flexibility index (Phi) is 5.46. The van der Waals surface area contributed by atoms with Crippen molar-refractivity contribution >= 4 is 17.9 Å². The zero-order valence-electron chi connectivity index (χ0n) is 11.7. The van der Waals surface area contributed by atoms with E-state index in [0.29, 0.717) is 0 Å². The van der Waals surface area contributed by atoms with Gasteiger partial charge in [-0.25, -0.2) is 0 Å². The first-order valence-corrected chi connectivity index (χ1v) is 6.07. The molecule has 0 aromatic carbocycles. The second-order valence-corrected chi connectivity index (χ2v) is 4.45. The first kappa shape index (κ1) is 16.4. The highest BCUT2D eigenvalue weighted by Crippen LogP contribution is 2.27. The Balaban J connectivity index is 3.01. The summed E-state index contributed by atoms with van der Waals surface area (Å²) in [6, 6.07) is 0. The monoisotopic (exact) mass is 290 g/mol. The van der Waals surface area contributed by atoms with Gasteiger partial charge in [-0.15, -0.1) is 0 Å². The van der Waals surface area contributed by atoms with Crippen molar-refractivity contribution in [2.75, 3.05) is 0 Å². The van der Waals surface area contributed by atoms with E-state index >= 15 is 0 Å². The van der Waals surface area contributed by atoms with Gasteiger partial charge in [0.25, 0.3) is 0 Å². The van der Waals surface area contributed by atoms with Gasteiger partial charge >= 0.3 is 17.9 Å². The van der Waals surface area contributed by atoms with E-state index < -0.39 is 48.6 Å². The van der Waals surface area contributed by atoms with Crippen LogP contribution in [0.15, 0.2) is 0 Å². The first-order valence-electron chi connectivity index (χ1n) is 6.07. The largest absolute Gasteiger partial charge is 0.456 e. The van der Waals surface area contributed by atoms with Gasteiger partial charge in [-0.1, -0.05) is 0 Å². The van der Waals surface area contributed by atoms with Crippen molar-refractivity contribution in [3.8, 4) is 0 Å². The Morgan fingerprint density at radius 1 is 0.850 bits per heavy atom. The summed E-state index contributed by atoms with van der Waals surface area (Å²) < 4.78 is 20.1. The number of ether oxygens (including phenoxy) is 4. The number of esters is 3. The van der Waals surface area contributed by atoms with Crippen molar-refractivity contribution < 1.29 is 38.4 Å². The predicted molar refractivity (Wildman–Crippen MR) is 63.2 cm³/mol. The highest BCUT2D eigenvalue weighted by atomic mass is 16.7. The minimum Gasteiger partial charge on any atom is -0.456 e. The van der Waals surface area contributed by atoms with E-state index in [1.165, 1.54) is 13.8 Å². The van der Waals surface area contributed by atoms with E-state index in [2.05, 4.69) is 0 Å². The van der Waals surface area contributed by atoms with Crippen LogP contribution < -0.4 is 0 Å². The third kappa shape index (κ3) is 4.17. The molecule has 8 nitrogen and oxygen atoms in total. The molecule has 1 N–H and O–H groups in total. The second kappa shape index (κ2) is 6.67. The molecule has 8 heteroatoms. The fraction of sp³-hybridized carbons (Fsp3) is 0.750. The zero-order valence-corrected chi connectivity index (χ0v) is 11.7. The Hall–Kier alpha value is -1.67. The molecule has 0 aromatic heterocycles. The van der Waals surface area contributed by atoms with Gasteiger partial charge in [-0.2, -0.15) is 0 Å². The molecule has 0 amide bonds. The van der Waals surface area contributed by atoms with Crippen molar-refractivity contribution in [2.24, 2.45) is 0 Å². The van der Waals surface area contributed by atoms with Crippen LogP contribution in [-0.4, -0.2) is 53.7 Å². The number of carbonyl (C=O) groups excluding carboxylic acids is 3. The number of hydrogen-bond donors (Lipinski definition) is 1. The minimum absolute atomic E-state index is 0.611. The quantitative estimate of drug-likeness (QED) is 0.548. The van der Waals surface area contributed by atoms with Crippen LogP contribution in [0.1, 0.15) is 27.7 Å². The van der Waals surface area contributed by atoms with Crippen LogP contribution >= 0.6 is 0 Å². The van der Waals surface area contributed by atoms with Crippen LogP contribution in [0.3, 0.4) is 0 Å². The molecule has 1 heterocycles. The lowest BCUT2D eigenvalue weighted by atomic mass is 9.99. The van der Waals surface area contributed by atoms with Crippen molar-refractivity contribution in [3.05, 3.63) is 0 Å². The molecule has 0 unspecified atom stereocenters. The summed E-state index contributed by atoms with van der Waals surface area (Å²) in [5.74, 6) is -1.96. The van der Waals surface area contributed by atoms with E-state index in [1.807, 2.05) is 0 Å². The van der Waals surface area contributed by atoms with Gasteiger partial charge in [0.1, 0.15) is 0 Å². The molecule has 0 aliphatic carbocycles. The third-order valence-electron chi connectivity index (χ3n) is 2.65. The summed E-state index contributed by atoms with van der Waals surface area (Å²) in [4.78, 5) is 33.3. The van der Waals surface area contributed by atoms with Crippen LogP contribution in [0, 0.1) is 0 Å². The maximum absolute atomic E-state index is 11.2. The molecule has 114 valence electrons. The Labute approximate surface area is 115 Å². The first-order chi connectivity index (χ1) is 9.22. The summed E-state index contributed by atoms with van der Waals surface area (Å²) in [7, 11) is 0. The van der Waals surface area contributed by atoms with Crippen molar-refractivity contribution in [1.29, 1.82) is 0 Å². The lowest BCUT2D eigenvalue weighted by molar-refractivity contribution is -0.288. The fourth-order valence-corrected chi connectivity index (χ4v) is 1.99. The molecule has 0 bridgehead atoms. The summed E-state index contributed by atoms with van der Waals surface area (Å²) in [6.07, 6.45) is -5.60. The van der Waals surface area contributed by atoms with E-state index in [-0.39, 0.29) is 0 Å². The van der Waals surface area contributed by atoms with E-state index in [9.17, 15) is 19.5 Å². The van der Waals surface area contributed by atoms with Crippen molar-refractivity contribution in [3.63, 3.8) is 0 Å². The standard InChI is InChI=1S/C12H18O8/c1-5-9(18-6(2)13)10(19-7(3)14)11(12(16)17-5)20-8(4)15/h5,9-12,16H,1-4H3/t5-,9-,10+,11+,12-/m1/s1. The predicted octanol–water partition coefficient (Wildman–Crippen LogP) is -0.481. The summed E-state index contributed by atoms with van der Waals surface area (Å²) in [5, 5.41) is 9.79. The molecule has 1 aliphatic rings. The van der Waals surface area contributed by atoms with Crippen LogP contribution in [-0.2, 0) is 33.3 Å². The summed E-state index contributed by atoms with van der Waals surface area (Å²) in [5.41, 5.74) is 0. The summed E-state index contributed by atoms with van der Waals surface area (Å²) >= 11 is 0. The highest BCUT2D eigenvalue weighted by molar-refractivity contribution is 5.68.